The number of aliphatic imine (C=N–C) groups is 1. The van der Waals surface area contributed by atoms with Crippen molar-refractivity contribution in [3.05, 3.63) is 77.5 Å². The first-order valence-corrected chi connectivity index (χ1v) is 13.3. The lowest BCUT2D eigenvalue weighted by atomic mass is 10.1. The number of hydrogen-bond acceptors (Lipinski definition) is 8. The summed E-state index contributed by atoms with van der Waals surface area (Å²) in [5, 5.41) is 6.23. The summed E-state index contributed by atoms with van der Waals surface area (Å²) in [6.45, 7) is 4.68. The van der Waals surface area contributed by atoms with Gasteiger partial charge in [-0.05, 0) is 36.4 Å². The van der Waals surface area contributed by atoms with Crippen LogP contribution in [0.5, 0.6) is 0 Å². The lowest BCUT2D eigenvalue weighted by molar-refractivity contribution is 0.0400. The minimum absolute atomic E-state index is 0.107. The molecule has 2 N–H and O–H groups in total. The van der Waals surface area contributed by atoms with Crippen molar-refractivity contribution < 1.29 is 17.9 Å². The Morgan fingerprint density at radius 3 is 2.50 bits per heavy atom. The van der Waals surface area contributed by atoms with Gasteiger partial charge in [0.1, 0.15) is 11.3 Å². The fourth-order valence-electron chi connectivity index (χ4n) is 3.85. The largest absolute Gasteiger partial charge is 0.475 e. The molecular weight excluding hydrogens is 504 g/mol. The van der Waals surface area contributed by atoms with Gasteiger partial charge in [0.25, 0.3) is 5.91 Å². The molecule has 0 aliphatic carbocycles. The lowest BCUT2D eigenvalue weighted by Gasteiger charge is -2.32. The van der Waals surface area contributed by atoms with Gasteiger partial charge >= 0.3 is 0 Å². The molecule has 1 aromatic carbocycles. The van der Waals surface area contributed by atoms with Crippen LogP contribution in [0.2, 0.25) is 5.15 Å². The number of hydrazone groups is 1. The highest BCUT2D eigenvalue weighted by Crippen LogP contribution is 2.26. The van der Waals surface area contributed by atoms with Gasteiger partial charge in [-0.3, -0.25) is 4.79 Å². The Hall–Kier alpha value is -3.70. The van der Waals surface area contributed by atoms with E-state index in [-0.39, 0.29) is 22.8 Å². The number of ether oxygens (including phenoxy) is 1. The Bertz CT molecular complexity index is 1350. The van der Waals surface area contributed by atoms with Crippen LogP contribution in [0.3, 0.4) is 0 Å². The van der Waals surface area contributed by atoms with E-state index in [1.54, 1.807) is 29.2 Å². The topological polar surface area (TPSA) is 131 Å². The average molecular weight is 529 g/mol. The van der Waals surface area contributed by atoms with E-state index in [4.69, 9.17) is 22.1 Å². The van der Waals surface area contributed by atoms with E-state index in [0.717, 1.165) is 6.26 Å². The molecular formula is C24H25ClN6O4S. The number of rotatable bonds is 6. The molecule has 0 atom stereocenters. The average Bonchev–Trinajstić information content (AvgIpc) is 3.28. The molecule has 2 aromatic rings. The predicted octanol–water partition coefficient (Wildman–Crippen LogP) is 2.98. The van der Waals surface area contributed by atoms with Gasteiger partial charge in [-0.2, -0.15) is 5.10 Å². The third-order valence-corrected chi connectivity index (χ3v) is 7.08. The van der Waals surface area contributed by atoms with Gasteiger partial charge in [0.05, 0.1) is 27.9 Å². The molecule has 4 rings (SSSR count). The second-order valence-corrected chi connectivity index (χ2v) is 10.6. The molecule has 2 aliphatic rings. The molecule has 1 aromatic heterocycles. The number of carbonyl (C=O) groups is 1. The van der Waals surface area contributed by atoms with Gasteiger partial charge in [0, 0.05) is 44.6 Å². The van der Waals surface area contributed by atoms with E-state index in [2.05, 4.69) is 21.7 Å². The van der Waals surface area contributed by atoms with Crippen LogP contribution in [-0.2, 0) is 14.6 Å². The monoisotopic (exact) mass is 528 g/mol. The Kier molecular flexibility index (Phi) is 7.41. The van der Waals surface area contributed by atoms with Crippen molar-refractivity contribution in [3.8, 4) is 0 Å². The molecule has 0 unspecified atom stereocenters. The molecule has 12 heteroatoms. The zero-order valence-corrected chi connectivity index (χ0v) is 21.1. The van der Waals surface area contributed by atoms with Crippen molar-refractivity contribution in [2.24, 2.45) is 15.8 Å². The van der Waals surface area contributed by atoms with Crippen LogP contribution in [-0.4, -0.2) is 61.7 Å². The number of benzene rings is 1. The maximum absolute atomic E-state index is 12.7. The highest BCUT2D eigenvalue weighted by atomic mass is 35.5. The molecule has 0 radical (unpaired) electrons. The van der Waals surface area contributed by atoms with Crippen molar-refractivity contribution in [1.29, 1.82) is 0 Å². The SMILES string of the molecule is C=C/N=C1\C(=C(/N)OC2CCN(C(=O)c3ccc(Cl)nc3)CC2)C=NN1c1ccc(S(C)(=O)=O)cc1. The van der Waals surface area contributed by atoms with Crippen LogP contribution in [0, 0.1) is 0 Å². The second kappa shape index (κ2) is 10.5. The number of likely N-dealkylation sites (tertiary alicyclic amines) is 1. The summed E-state index contributed by atoms with van der Waals surface area (Å²) in [6.07, 6.45) is 6.53. The highest BCUT2D eigenvalue weighted by molar-refractivity contribution is 7.90. The highest BCUT2D eigenvalue weighted by Gasteiger charge is 2.29. The molecule has 0 spiro atoms. The summed E-state index contributed by atoms with van der Waals surface area (Å²) in [5.41, 5.74) is 7.86. The Morgan fingerprint density at radius 2 is 1.92 bits per heavy atom. The van der Waals surface area contributed by atoms with Crippen LogP contribution in [0.4, 0.5) is 5.69 Å². The molecule has 2 aliphatic heterocycles. The number of hydrogen-bond donors (Lipinski definition) is 1. The Morgan fingerprint density at radius 1 is 1.22 bits per heavy atom. The number of piperidine rings is 1. The number of carbonyl (C=O) groups excluding carboxylic acids is 1. The van der Waals surface area contributed by atoms with Gasteiger partial charge in [0.2, 0.25) is 0 Å². The minimum atomic E-state index is -3.32. The maximum Gasteiger partial charge on any atom is 0.255 e. The summed E-state index contributed by atoms with van der Waals surface area (Å²) in [7, 11) is -3.32. The molecule has 3 heterocycles. The third-order valence-electron chi connectivity index (χ3n) is 5.73. The lowest BCUT2D eigenvalue weighted by Crippen LogP contribution is -2.41. The van der Waals surface area contributed by atoms with Crippen LogP contribution >= 0.6 is 11.6 Å². The standard InChI is InChI=1S/C24H25ClN6O4S/c1-3-27-23-20(15-29-31(23)17-5-7-19(8-6-17)36(2,33)34)22(26)35-18-10-12-30(13-11-18)24(32)16-4-9-21(25)28-14-16/h3-9,14-15,18H,1,10-13,26H2,2H3/b22-20+,27-23+. The second-order valence-electron chi connectivity index (χ2n) is 8.21. The molecule has 0 bridgehead atoms. The van der Waals surface area contributed by atoms with Crippen LogP contribution in [0.1, 0.15) is 23.2 Å². The number of amidine groups is 1. The van der Waals surface area contributed by atoms with E-state index in [1.165, 1.54) is 35.8 Å². The number of nitrogens with zero attached hydrogens (tertiary/aromatic N) is 5. The van der Waals surface area contributed by atoms with Gasteiger partial charge in [0.15, 0.2) is 21.6 Å². The van der Waals surface area contributed by atoms with E-state index in [0.29, 0.717) is 53.7 Å². The van der Waals surface area contributed by atoms with Crippen molar-refractivity contribution in [2.45, 2.75) is 23.8 Å². The zero-order valence-electron chi connectivity index (χ0n) is 19.5. The smallest absolute Gasteiger partial charge is 0.255 e. The van der Waals surface area contributed by atoms with Crippen LogP contribution in [0.15, 0.2) is 81.8 Å². The number of aromatic nitrogens is 1. The predicted molar refractivity (Wildman–Crippen MR) is 139 cm³/mol. The first kappa shape index (κ1) is 25.4. The van der Waals surface area contributed by atoms with Gasteiger partial charge in [-0.1, -0.05) is 18.2 Å². The number of amides is 1. The maximum atomic E-state index is 12.7. The first-order valence-electron chi connectivity index (χ1n) is 11.1. The van der Waals surface area contributed by atoms with Crippen molar-refractivity contribution in [1.82, 2.24) is 9.88 Å². The van der Waals surface area contributed by atoms with E-state index in [1.807, 2.05) is 0 Å². The number of pyridine rings is 1. The normalized spacial score (nSPS) is 19.0. The van der Waals surface area contributed by atoms with Crippen LogP contribution in [0.25, 0.3) is 0 Å². The van der Waals surface area contributed by atoms with Gasteiger partial charge in [-0.25, -0.2) is 23.4 Å². The number of anilines is 1. The van der Waals surface area contributed by atoms with Gasteiger partial charge < -0.3 is 15.4 Å². The quantitative estimate of drug-likeness (QED) is 0.450. The molecule has 188 valence electrons. The van der Waals surface area contributed by atoms with E-state index < -0.39 is 9.84 Å². The number of halogens is 1. The van der Waals surface area contributed by atoms with Crippen molar-refractivity contribution in [2.75, 3.05) is 24.4 Å². The van der Waals surface area contributed by atoms with E-state index >= 15 is 0 Å². The molecule has 1 saturated heterocycles. The Balaban J connectivity index is 1.43. The fraction of sp³-hybridized carbons (Fsp3) is 0.250. The molecule has 1 amide bonds. The molecule has 0 saturated carbocycles. The fourth-order valence-corrected chi connectivity index (χ4v) is 4.60. The molecule has 36 heavy (non-hydrogen) atoms. The molecule has 10 nitrogen and oxygen atoms in total. The number of sulfone groups is 1. The van der Waals surface area contributed by atoms with Crippen LogP contribution < -0.4 is 10.7 Å². The summed E-state index contributed by atoms with van der Waals surface area (Å²) in [6, 6.07) is 9.52. The van der Waals surface area contributed by atoms with E-state index in [9.17, 15) is 13.2 Å². The summed E-state index contributed by atoms with van der Waals surface area (Å²) in [5.74, 6) is 0.448. The number of nitrogens with two attached hydrogens (primary N) is 1. The van der Waals surface area contributed by atoms with Gasteiger partial charge in [-0.15, -0.1) is 0 Å². The zero-order chi connectivity index (χ0) is 25.9. The minimum Gasteiger partial charge on any atom is -0.475 e. The Labute approximate surface area is 214 Å². The summed E-state index contributed by atoms with van der Waals surface area (Å²) in [4.78, 5) is 22.9. The third kappa shape index (κ3) is 5.58. The molecule has 1 fully saturated rings. The van der Waals surface area contributed by atoms with Crippen molar-refractivity contribution >= 4 is 45.1 Å². The summed E-state index contributed by atoms with van der Waals surface area (Å²) >= 11 is 5.80. The first-order chi connectivity index (χ1) is 17.2. The van der Waals surface area contributed by atoms with Crippen molar-refractivity contribution in [3.63, 3.8) is 0 Å². The summed E-state index contributed by atoms with van der Waals surface area (Å²) < 4.78 is 29.5.